The maximum Gasteiger partial charge on any atom is 0.277 e. The molecule has 0 atom stereocenters. The Labute approximate surface area is 148 Å². The third-order valence-corrected chi connectivity index (χ3v) is 4.83. The summed E-state index contributed by atoms with van der Waals surface area (Å²) < 4.78 is 6.21. The van der Waals surface area contributed by atoms with Crippen LogP contribution >= 0.6 is 39.0 Å². The second-order valence-electron chi connectivity index (χ2n) is 4.47. The van der Waals surface area contributed by atoms with Crippen molar-refractivity contribution in [1.29, 1.82) is 0 Å². The number of aryl methyl sites for hydroxylation is 1. The Bertz CT molecular complexity index is 816. The average molecular weight is 411 g/mol. The molecule has 1 aromatic carbocycles. The molecule has 3 rings (SSSR count). The lowest BCUT2D eigenvalue weighted by atomic mass is 10.2. The number of halogens is 1. The normalized spacial score (nSPS) is 10.7. The number of aromatic nitrogens is 3. The number of amides is 1. The lowest BCUT2D eigenvalue weighted by Gasteiger charge is -1.99. The van der Waals surface area contributed by atoms with Crippen LogP contribution in [0.4, 0.5) is 5.13 Å². The SMILES string of the molecule is Cc1nnc(SCC(=O)Nc2nc(-c3ccc(Br)cc3)cs2)o1. The molecule has 2 aromatic heterocycles. The topological polar surface area (TPSA) is 80.9 Å². The van der Waals surface area contributed by atoms with Crippen molar-refractivity contribution in [3.63, 3.8) is 0 Å². The van der Waals surface area contributed by atoms with Gasteiger partial charge in [-0.05, 0) is 12.1 Å². The van der Waals surface area contributed by atoms with E-state index >= 15 is 0 Å². The van der Waals surface area contributed by atoms with Gasteiger partial charge in [0.05, 0.1) is 11.4 Å². The summed E-state index contributed by atoms with van der Waals surface area (Å²) in [5.41, 5.74) is 1.83. The van der Waals surface area contributed by atoms with Gasteiger partial charge in [-0.1, -0.05) is 39.8 Å². The minimum atomic E-state index is -0.164. The van der Waals surface area contributed by atoms with Crippen LogP contribution in [-0.2, 0) is 4.79 Å². The molecule has 3 aromatic rings. The first kappa shape index (κ1) is 16.2. The summed E-state index contributed by atoms with van der Waals surface area (Å²) in [5, 5.41) is 13.2. The van der Waals surface area contributed by atoms with Crippen LogP contribution in [0.15, 0.2) is 43.8 Å². The predicted molar refractivity (Wildman–Crippen MR) is 93.6 cm³/mol. The van der Waals surface area contributed by atoms with Crippen LogP contribution in [0, 0.1) is 6.92 Å². The van der Waals surface area contributed by atoms with E-state index in [9.17, 15) is 4.79 Å². The summed E-state index contributed by atoms with van der Waals surface area (Å²) in [4.78, 5) is 16.3. The second-order valence-corrected chi connectivity index (χ2v) is 7.17. The van der Waals surface area contributed by atoms with Crippen LogP contribution in [-0.4, -0.2) is 26.8 Å². The van der Waals surface area contributed by atoms with E-state index in [1.54, 1.807) is 6.92 Å². The molecule has 6 nitrogen and oxygen atoms in total. The lowest BCUT2D eigenvalue weighted by molar-refractivity contribution is -0.113. The van der Waals surface area contributed by atoms with Crippen molar-refractivity contribution in [2.75, 3.05) is 11.1 Å². The highest BCUT2D eigenvalue weighted by atomic mass is 79.9. The van der Waals surface area contributed by atoms with Crippen LogP contribution in [0.1, 0.15) is 5.89 Å². The van der Waals surface area contributed by atoms with E-state index in [0.29, 0.717) is 16.2 Å². The van der Waals surface area contributed by atoms with Gasteiger partial charge < -0.3 is 9.73 Å². The number of anilines is 1. The lowest BCUT2D eigenvalue weighted by Crippen LogP contribution is -2.13. The molecule has 0 aliphatic carbocycles. The number of rotatable bonds is 5. The van der Waals surface area contributed by atoms with Gasteiger partial charge >= 0.3 is 0 Å². The minimum absolute atomic E-state index is 0.164. The number of benzene rings is 1. The van der Waals surface area contributed by atoms with Gasteiger partial charge in [-0.15, -0.1) is 21.5 Å². The first-order valence-corrected chi connectivity index (χ1v) is 9.20. The van der Waals surface area contributed by atoms with E-state index < -0.39 is 0 Å². The third kappa shape index (κ3) is 4.40. The van der Waals surface area contributed by atoms with Crippen LogP contribution in [0.5, 0.6) is 0 Å². The molecule has 0 aliphatic rings. The van der Waals surface area contributed by atoms with Gasteiger partial charge in [-0.2, -0.15) is 0 Å². The van der Waals surface area contributed by atoms with Crippen molar-refractivity contribution in [2.45, 2.75) is 12.1 Å². The molecular formula is C14H11BrN4O2S2. The van der Waals surface area contributed by atoms with Crippen molar-refractivity contribution in [2.24, 2.45) is 0 Å². The molecule has 118 valence electrons. The molecule has 9 heteroatoms. The van der Waals surface area contributed by atoms with Gasteiger partial charge in [0.25, 0.3) is 5.22 Å². The molecule has 0 spiro atoms. The monoisotopic (exact) mass is 410 g/mol. The highest BCUT2D eigenvalue weighted by Crippen LogP contribution is 2.26. The Hall–Kier alpha value is -1.71. The molecule has 0 fully saturated rings. The van der Waals surface area contributed by atoms with Crippen LogP contribution < -0.4 is 5.32 Å². The van der Waals surface area contributed by atoms with Gasteiger partial charge in [0.15, 0.2) is 5.13 Å². The summed E-state index contributed by atoms with van der Waals surface area (Å²) in [6.45, 7) is 1.70. The highest BCUT2D eigenvalue weighted by Gasteiger charge is 2.11. The fraction of sp³-hybridized carbons (Fsp3) is 0.143. The number of thiazole rings is 1. The van der Waals surface area contributed by atoms with Crippen LogP contribution in [0.3, 0.4) is 0 Å². The number of nitrogens with zero attached hydrogens (tertiary/aromatic N) is 3. The maximum atomic E-state index is 11.9. The number of hydrogen-bond donors (Lipinski definition) is 1. The van der Waals surface area contributed by atoms with Gasteiger partial charge in [-0.3, -0.25) is 4.79 Å². The zero-order valence-corrected chi connectivity index (χ0v) is 15.2. The Balaban J connectivity index is 1.58. The first-order valence-electron chi connectivity index (χ1n) is 6.54. The second kappa shape index (κ2) is 7.24. The van der Waals surface area contributed by atoms with E-state index in [1.165, 1.54) is 23.1 Å². The molecule has 0 saturated heterocycles. The molecule has 1 amide bonds. The zero-order valence-electron chi connectivity index (χ0n) is 11.9. The predicted octanol–water partition coefficient (Wildman–Crippen LogP) is 3.99. The number of thioether (sulfide) groups is 1. The van der Waals surface area contributed by atoms with E-state index in [0.717, 1.165) is 15.7 Å². The number of nitrogens with one attached hydrogen (secondary N) is 1. The van der Waals surface area contributed by atoms with E-state index in [4.69, 9.17) is 4.42 Å². The van der Waals surface area contributed by atoms with Crippen molar-refractivity contribution >= 4 is 50.1 Å². The fourth-order valence-electron chi connectivity index (χ4n) is 1.70. The zero-order chi connectivity index (χ0) is 16.2. The van der Waals surface area contributed by atoms with Gasteiger partial charge in [0, 0.05) is 22.3 Å². The van der Waals surface area contributed by atoms with Gasteiger partial charge in [0.1, 0.15) is 0 Å². The molecule has 0 radical (unpaired) electrons. The van der Waals surface area contributed by atoms with Crippen LogP contribution in [0.25, 0.3) is 11.3 Å². The van der Waals surface area contributed by atoms with Crippen LogP contribution in [0.2, 0.25) is 0 Å². The van der Waals surface area contributed by atoms with Crippen molar-refractivity contribution in [3.05, 3.63) is 40.0 Å². The number of hydrogen-bond acceptors (Lipinski definition) is 7. The van der Waals surface area contributed by atoms with E-state index in [1.807, 2.05) is 29.6 Å². The Morgan fingerprint density at radius 2 is 2.13 bits per heavy atom. The number of carbonyl (C=O) groups is 1. The van der Waals surface area contributed by atoms with E-state index in [2.05, 4.69) is 36.4 Å². The third-order valence-electron chi connectivity index (χ3n) is 2.72. The number of carbonyl (C=O) groups excluding carboxylic acids is 1. The first-order chi connectivity index (χ1) is 11.1. The smallest absolute Gasteiger partial charge is 0.277 e. The summed E-state index contributed by atoms with van der Waals surface area (Å²) in [5.74, 6) is 0.504. The van der Waals surface area contributed by atoms with Crippen molar-refractivity contribution in [1.82, 2.24) is 15.2 Å². The molecule has 23 heavy (non-hydrogen) atoms. The molecule has 1 N–H and O–H groups in total. The fourth-order valence-corrected chi connectivity index (χ4v) is 3.31. The molecule has 0 saturated carbocycles. The van der Waals surface area contributed by atoms with Gasteiger partial charge in [-0.25, -0.2) is 4.98 Å². The maximum absolute atomic E-state index is 11.9. The molecule has 0 bridgehead atoms. The largest absolute Gasteiger partial charge is 0.416 e. The summed E-state index contributed by atoms with van der Waals surface area (Å²) in [7, 11) is 0. The standard InChI is InChI=1S/C14H11BrN4O2S2/c1-8-18-19-14(21-8)23-7-12(20)17-13-16-11(6-22-13)9-2-4-10(15)5-3-9/h2-6H,7H2,1H3,(H,16,17,20). The average Bonchev–Trinajstić information content (AvgIpc) is 3.15. The van der Waals surface area contributed by atoms with Crippen molar-refractivity contribution in [3.8, 4) is 11.3 Å². The summed E-state index contributed by atoms with van der Waals surface area (Å²) in [6.07, 6.45) is 0. The molecular weight excluding hydrogens is 400 g/mol. The van der Waals surface area contributed by atoms with Gasteiger partial charge in [0.2, 0.25) is 11.8 Å². The van der Waals surface area contributed by atoms with E-state index in [-0.39, 0.29) is 11.7 Å². The molecule has 2 heterocycles. The van der Waals surface area contributed by atoms with Crippen molar-refractivity contribution < 1.29 is 9.21 Å². The highest BCUT2D eigenvalue weighted by molar-refractivity contribution is 9.10. The molecule has 0 aliphatic heterocycles. The Morgan fingerprint density at radius 1 is 1.35 bits per heavy atom. The molecule has 0 unspecified atom stereocenters. The summed E-state index contributed by atoms with van der Waals surface area (Å²) in [6, 6.07) is 7.85. The quantitative estimate of drug-likeness (QED) is 0.640. The Kier molecular flexibility index (Phi) is 5.09. The minimum Gasteiger partial charge on any atom is -0.416 e. The Morgan fingerprint density at radius 3 is 2.83 bits per heavy atom. The summed E-state index contributed by atoms with van der Waals surface area (Å²) >= 11 is 5.98.